The van der Waals surface area contributed by atoms with Crippen LogP contribution in [0.1, 0.15) is 80.5 Å². The number of nitrogens with one attached hydrogen (secondary N) is 3. The Labute approximate surface area is 311 Å². The second kappa shape index (κ2) is 19.8. The molecule has 0 saturated heterocycles. The quantitative estimate of drug-likeness (QED) is 0.0265. The Hall–Kier alpha value is -5.70. The summed E-state index contributed by atoms with van der Waals surface area (Å²) in [6.45, 7) is 2.68. The minimum Gasteiger partial charge on any atom is -0.483 e. The Morgan fingerprint density at radius 1 is 0.774 bits per heavy atom. The Morgan fingerprint density at radius 3 is 1.91 bits per heavy atom. The van der Waals surface area contributed by atoms with Crippen LogP contribution in [-0.2, 0) is 31.1 Å². The lowest BCUT2D eigenvalue weighted by Crippen LogP contribution is -2.52. The number of carbonyl (C=O) groups is 3. The Morgan fingerprint density at radius 2 is 1.32 bits per heavy atom. The molecule has 276 valence electrons. The molecule has 0 fully saturated rings. The van der Waals surface area contributed by atoms with Gasteiger partial charge in [-0.15, -0.1) is 0 Å². The summed E-state index contributed by atoms with van der Waals surface area (Å²) in [6, 6.07) is 33.9. The minimum atomic E-state index is -1.52. The number of carboxylic acid groups (broad SMARTS) is 1. The highest BCUT2D eigenvalue weighted by molar-refractivity contribution is 5.92. The average molecular weight is 715 g/mol. The number of carbonyl (C=O) groups excluding carboxylic acids is 2. The average Bonchev–Trinajstić information content (AvgIpc) is 3.60. The minimum absolute atomic E-state index is 0.199. The van der Waals surface area contributed by atoms with Crippen LogP contribution in [0.4, 0.5) is 0 Å². The van der Waals surface area contributed by atoms with Crippen molar-refractivity contribution >= 4 is 35.1 Å². The summed E-state index contributed by atoms with van der Waals surface area (Å²) in [5.41, 5.74) is 3.03. The lowest BCUT2D eigenvalue weighted by Gasteiger charge is -2.37. The van der Waals surface area contributed by atoms with Crippen LogP contribution >= 0.6 is 0 Å². The molecule has 4 N–H and O–H groups in total. The van der Waals surface area contributed by atoms with Crippen molar-refractivity contribution in [3.63, 3.8) is 0 Å². The second-order valence-electron chi connectivity index (χ2n) is 13.3. The lowest BCUT2D eigenvalue weighted by atomic mass is 9.77. The molecule has 9 nitrogen and oxygen atoms in total. The van der Waals surface area contributed by atoms with Crippen molar-refractivity contribution < 1.29 is 24.2 Å². The number of rotatable bonds is 21. The number of carboxylic acids is 1. The van der Waals surface area contributed by atoms with Gasteiger partial charge in [-0.3, -0.25) is 9.59 Å². The van der Waals surface area contributed by atoms with E-state index in [9.17, 15) is 19.5 Å². The number of aliphatic carboxylic acids is 1. The summed E-state index contributed by atoms with van der Waals surface area (Å²) in [4.78, 5) is 48.2. The summed E-state index contributed by atoms with van der Waals surface area (Å²) in [5.74, 6) is -2.50. The predicted molar refractivity (Wildman–Crippen MR) is 210 cm³/mol. The van der Waals surface area contributed by atoms with Crippen molar-refractivity contribution in [2.45, 2.75) is 82.3 Å². The molecule has 53 heavy (non-hydrogen) atoms. The van der Waals surface area contributed by atoms with Crippen molar-refractivity contribution in [3.05, 3.63) is 144 Å². The third-order valence-electron chi connectivity index (χ3n) is 9.52. The molecule has 0 unspecified atom stereocenters. The molecule has 2 amide bonds. The van der Waals surface area contributed by atoms with E-state index in [0.29, 0.717) is 6.61 Å². The summed E-state index contributed by atoms with van der Waals surface area (Å²) in [6.07, 6.45) is 10.8. The van der Waals surface area contributed by atoms with Crippen molar-refractivity contribution in [3.8, 4) is 0 Å². The number of nitrogens with zero attached hydrogens (tertiary/aromatic N) is 1. The van der Waals surface area contributed by atoms with E-state index >= 15 is 0 Å². The zero-order valence-corrected chi connectivity index (χ0v) is 30.4. The first-order valence-corrected chi connectivity index (χ1v) is 18.6. The second-order valence-corrected chi connectivity index (χ2v) is 13.3. The number of aliphatic imine (C=N–C) groups is 1. The number of amides is 2. The van der Waals surface area contributed by atoms with Gasteiger partial charge in [0.05, 0.1) is 13.0 Å². The fourth-order valence-corrected chi connectivity index (χ4v) is 6.73. The standard InChI is InChI=1S/C44H50N4O5/c1-2-3-4-5-6-7-19-28-53-32-46-39(29-33-31-45-38-27-18-17-26-37(33)38)42(50)47-40(43(51)52)30-41(49)48-44(34-20-11-8-12-21-34,35-22-13-9-14-23-35)36-24-15-10-16-25-36/h8-18,20-27,31-32,39-40,45H,2-7,19,28-30H2,1H3,(H,47,50)(H,48,49)(H,51,52)/t39-,40-/m0/s1. The van der Waals surface area contributed by atoms with Gasteiger partial charge in [0.1, 0.15) is 17.6 Å². The largest absolute Gasteiger partial charge is 0.483 e. The number of aromatic nitrogens is 1. The van der Waals surface area contributed by atoms with Gasteiger partial charge in [-0.1, -0.05) is 155 Å². The third-order valence-corrected chi connectivity index (χ3v) is 9.52. The van der Waals surface area contributed by atoms with Gasteiger partial charge in [-0.25, -0.2) is 9.79 Å². The zero-order valence-electron chi connectivity index (χ0n) is 30.4. The van der Waals surface area contributed by atoms with E-state index in [0.717, 1.165) is 52.4 Å². The molecule has 5 rings (SSSR count). The van der Waals surface area contributed by atoms with Crippen molar-refractivity contribution in [2.24, 2.45) is 4.99 Å². The summed E-state index contributed by atoms with van der Waals surface area (Å²) in [5, 5.41) is 17.1. The molecule has 0 saturated carbocycles. The number of fused-ring (bicyclic) bond motifs is 1. The summed E-state index contributed by atoms with van der Waals surface area (Å²) < 4.78 is 5.69. The van der Waals surface area contributed by atoms with Crippen molar-refractivity contribution in [1.29, 1.82) is 0 Å². The van der Waals surface area contributed by atoms with Crippen LogP contribution in [0, 0.1) is 0 Å². The molecule has 0 aliphatic heterocycles. The topological polar surface area (TPSA) is 133 Å². The maximum absolute atomic E-state index is 14.0. The van der Waals surface area contributed by atoms with Gasteiger partial charge in [-0.05, 0) is 34.7 Å². The number of hydrogen-bond acceptors (Lipinski definition) is 5. The van der Waals surface area contributed by atoms with Gasteiger partial charge >= 0.3 is 5.97 Å². The van der Waals surface area contributed by atoms with E-state index in [-0.39, 0.29) is 6.42 Å². The predicted octanol–water partition coefficient (Wildman–Crippen LogP) is 7.94. The summed E-state index contributed by atoms with van der Waals surface area (Å²) in [7, 11) is 0. The highest BCUT2D eigenvalue weighted by atomic mass is 16.5. The fourth-order valence-electron chi connectivity index (χ4n) is 6.73. The fraction of sp³-hybridized carbons (Fsp3) is 0.318. The maximum Gasteiger partial charge on any atom is 0.326 e. The number of para-hydroxylation sites is 1. The Bertz CT molecular complexity index is 1810. The molecule has 1 heterocycles. The highest BCUT2D eigenvalue weighted by Crippen LogP contribution is 2.37. The van der Waals surface area contributed by atoms with Crippen molar-refractivity contribution in [2.75, 3.05) is 6.61 Å². The number of ether oxygens (including phenoxy) is 1. The van der Waals surface area contributed by atoms with Gasteiger partial charge in [-0.2, -0.15) is 0 Å². The number of hydrogen-bond donors (Lipinski definition) is 4. The van der Waals surface area contributed by atoms with E-state index < -0.39 is 41.8 Å². The monoisotopic (exact) mass is 714 g/mol. The Kier molecular flexibility index (Phi) is 14.4. The number of aromatic amines is 1. The van der Waals surface area contributed by atoms with E-state index in [4.69, 9.17) is 4.74 Å². The molecule has 1 aromatic heterocycles. The van der Waals surface area contributed by atoms with Gasteiger partial charge in [0.25, 0.3) is 0 Å². The van der Waals surface area contributed by atoms with Crippen LogP contribution in [0.5, 0.6) is 0 Å². The van der Waals surface area contributed by atoms with Crippen molar-refractivity contribution in [1.82, 2.24) is 15.6 Å². The molecular weight excluding hydrogens is 665 g/mol. The molecule has 9 heteroatoms. The van der Waals surface area contributed by atoms with Crippen LogP contribution in [0.2, 0.25) is 0 Å². The molecule has 0 bridgehead atoms. The number of H-pyrrole nitrogens is 1. The highest BCUT2D eigenvalue weighted by Gasteiger charge is 2.39. The molecule has 0 radical (unpaired) electrons. The molecule has 2 atom stereocenters. The number of benzene rings is 4. The molecule has 4 aromatic carbocycles. The normalized spacial score (nSPS) is 12.7. The van der Waals surface area contributed by atoms with Gasteiger partial charge in [0.15, 0.2) is 6.40 Å². The molecule has 0 aliphatic rings. The van der Waals surface area contributed by atoms with Gasteiger partial charge < -0.3 is 25.5 Å². The SMILES string of the molecule is CCCCCCCCCOC=N[C@@H](Cc1c[nH]c2ccccc12)C(=O)N[C@@H](CC(=O)NC(c1ccccc1)(c1ccccc1)c1ccccc1)C(=O)O. The number of unbranched alkanes of at least 4 members (excludes halogenated alkanes) is 6. The Balaban J connectivity index is 1.33. The van der Waals surface area contributed by atoms with E-state index in [1.165, 1.54) is 32.1 Å². The van der Waals surface area contributed by atoms with Crippen LogP contribution in [0.15, 0.2) is 126 Å². The molecular formula is C44H50N4O5. The lowest BCUT2D eigenvalue weighted by molar-refractivity contribution is -0.143. The first-order chi connectivity index (χ1) is 25.9. The maximum atomic E-state index is 14.0. The smallest absolute Gasteiger partial charge is 0.326 e. The first-order valence-electron chi connectivity index (χ1n) is 18.6. The van der Waals surface area contributed by atoms with E-state index in [1.807, 2.05) is 121 Å². The van der Waals surface area contributed by atoms with E-state index in [2.05, 4.69) is 27.5 Å². The van der Waals surface area contributed by atoms with Gasteiger partial charge in [0, 0.05) is 23.5 Å². The van der Waals surface area contributed by atoms with Crippen LogP contribution in [0.25, 0.3) is 10.9 Å². The van der Waals surface area contributed by atoms with Gasteiger partial charge in [0.2, 0.25) is 11.8 Å². The van der Waals surface area contributed by atoms with Crippen LogP contribution in [0.3, 0.4) is 0 Å². The van der Waals surface area contributed by atoms with Crippen LogP contribution < -0.4 is 10.6 Å². The van der Waals surface area contributed by atoms with E-state index in [1.54, 1.807) is 0 Å². The third kappa shape index (κ3) is 10.4. The molecule has 5 aromatic rings. The van der Waals surface area contributed by atoms with Crippen LogP contribution in [-0.4, -0.2) is 53.0 Å². The first kappa shape index (κ1) is 38.5. The molecule has 0 spiro atoms. The molecule has 0 aliphatic carbocycles. The summed E-state index contributed by atoms with van der Waals surface area (Å²) >= 11 is 0. The zero-order chi connectivity index (χ0) is 37.3.